The lowest BCUT2D eigenvalue weighted by Crippen LogP contribution is -2.21. The number of rotatable bonds is 4. The average molecular weight is 261 g/mol. The number of hydrogen-bond acceptors (Lipinski definition) is 2. The minimum Gasteiger partial charge on any atom is -0.385 e. The molecule has 2 rings (SSSR count). The number of carbonyl (C=O) groups excluding carboxylic acids is 1. The van der Waals surface area contributed by atoms with E-state index < -0.39 is 6.03 Å². The highest BCUT2D eigenvalue weighted by Gasteiger charge is 2.18. The van der Waals surface area contributed by atoms with E-state index in [0.29, 0.717) is 0 Å². The molecule has 1 aliphatic carbocycles. The third-order valence-corrected chi connectivity index (χ3v) is 3.79. The van der Waals surface area contributed by atoms with E-state index in [0.717, 1.165) is 29.8 Å². The summed E-state index contributed by atoms with van der Waals surface area (Å²) in [6, 6.07) is 7.12. The van der Waals surface area contributed by atoms with Gasteiger partial charge in [0.1, 0.15) is 0 Å². The highest BCUT2D eigenvalue weighted by Crippen LogP contribution is 2.28. The standard InChI is InChI=1S/C15H23N3O/c1-11-3-2-4-12(9-11)10-17-13-5-7-14(8-6-13)18-15(16)19/h5-8,11-12,17H,2-4,9-10H2,1H3,(H3,16,18,19). The van der Waals surface area contributed by atoms with Gasteiger partial charge in [-0.3, -0.25) is 0 Å². The van der Waals surface area contributed by atoms with Gasteiger partial charge in [-0.05, 0) is 48.9 Å². The van der Waals surface area contributed by atoms with Gasteiger partial charge in [0.2, 0.25) is 0 Å². The zero-order valence-corrected chi connectivity index (χ0v) is 11.5. The number of hydrogen-bond donors (Lipinski definition) is 3. The summed E-state index contributed by atoms with van der Waals surface area (Å²) in [5, 5.41) is 6.03. The van der Waals surface area contributed by atoms with Gasteiger partial charge in [-0.25, -0.2) is 4.79 Å². The van der Waals surface area contributed by atoms with Gasteiger partial charge in [0.25, 0.3) is 0 Å². The van der Waals surface area contributed by atoms with Crippen molar-refractivity contribution in [3.63, 3.8) is 0 Å². The summed E-state index contributed by atoms with van der Waals surface area (Å²) in [4.78, 5) is 10.7. The molecule has 104 valence electrons. The number of amides is 2. The Kier molecular flexibility index (Phi) is 4.66. The van der Waals surface area contributed by atoms with Crippen LogP contribution < -0.4 is 16.4 Å². The Hall–Kier alpha value is -1.71. The summed E-state index contributed by atoms with van der Waals surface area (Å²) in [5.41, 5.74) is 6.88. The van der Waals surface area contributed by atoms with Gasteiger partial charge in [-0.15, -0.1) is 0 Å². The lowest BCUT2D eigenvalue weighted by Gasteiger charge is -2.27. The first-order valence-corrected chi connectivity index (χ1v) is 7.04. The summed E-state index contributed by atoms with van der Waals surface area (Å²) in [5.74, 6) is 1.65. The van der Waals surface area contributed by atoms with Crippen molar-refractivity contribution in [1.82, 2.24) is 0 Å². The Labute approximate surface area is 114 Å². The van der Waals surface area contributed by atoms with E-state index in [4.69, 9.17) is 5.73 Å². The van der Waals surface area contributed by atoms with Crippen molar-refractivity contribution >= 4 is 17.4 Å². The molecule has 0 saturated heterocycles. The molecule has 1 saturated carbocycles. The van der Waals surface area contributed by atoms with Crippen molar-refractivity contribution in [3.8, 4) is 0 Å². The van der Waals surface area contributed by atoms with Crippen LogP contribution in [0.3, 0.4) is 0 Å². The number of nitrogens with two attached hydrogens (primary N) is 1. The first-order valence-electron chi connectivity index (χ1n) is 7.04. The molecule has 4 nitrogen and oxygen atoms in total. The number of nitrogens with one attached hydrogen (secondary N) is 2. The maximum Gasteiger partial charge on any atom is 0.316 e. The summed E-state index contributed by atoms with van der Waals surface area (Å²) in [6.45, 7) is 3.38. The molecule has 0 aliphatic heterocycles. The summed E-state index contributed by atoms with van der Waals surface area (Å²) in [6.07, 6.45) is 5.39. The van der Waals surface area contributed by atoms with E-state index >= 15 is 0 Å². The second kappa shape index (κ2) is 6.45. The third kappa shape index (κ3) is 4.47. The molecule has 1 aromatic rings. The molecule has 0 heterocycles. The minimum absolute atomic E-state index is 0.531. The van der Waals surface area contributed by atoms with Gasteiger partial charge in [0, 0.05) is 17.9 Å². The molecule has 0 aromatic heterocycles. The van der Waals surface area contributed by atoms with Crippen molar-refractivity contribution in [3.05, 3.63) is 24.3 Å². The zero-order valence-electron chi connectivity index (χ0n) is 11.5. The third-order valence-electron chi connectivity index (χ3n) is 3.79. The maximum atomic E-state index is 10.7. The SMILES string of the molecule is CC1CCCC(CNc2ccc(NC(N)=O)cc2)C1. The number of anilines is 2. The quantitative estimate of drug-likeness (QED) is 0.777. The Balaban J connectivity index is 1.81. The normalized spacial score (nSPS) is 22.8. The van der Waals surface area contributed by atoms with Crippen molar-refractivity contribution < 1.29 is 4.79 Å². The Bertz CT molecular complexity index is 416. The number of benzene rings is 1. The Morgan fingerprint density at radius 3 is 2.58 bits per heavy atom. The van der Waals surface area contributed by atoms with E-state index in [9.17, 15) is 4.79 Å². The minimum atomic E-state index is -0.531. The predicted octanol–water partition coefficient (Wildman–Crippen LogP) is 3.42. The molecular formula is C15H23N3O. The van der Waals surface area contributed by atoms with Gasteiger partial charge in [-0.2, -0.15) is 0 Å². The second-order valence-corrected chi connectivity index (χ2v) is 5.59. The molecule has 19 heavy (non-hydrogen) atoms. The summed E-state index contributed by atoms with van der Waals surface area (Å²) >= 11 is 0. The van der Waals surface area contributed by atoms with Crippen LogP contribution in [0.15, 0.2) is 24.3 Å². The van der Waals surface area contributed by atoms with Gasteiger partial charge in [-0.1, -0.05) is 19.8 Å². The van der Waals surface area contributed by atoms with E-state index in [1.165, 1.54) is 25.7 Å². The molecule has 4 N–H and O–H groups in total. The van der Waals surface area contributed by atoms with Crippen LogP contribution in [-0.4, -0.2) is 12.6 Å². The molecule has 0 spiro atoms. The molecule has 1 fully saturated rings. The van der Waals surface area contributed by atoms with Crippen molar-refractivity contribution in [2.75, 3.05) is 17.2 Å². The topological polar surface area (TPSA) is 67.2 Å². The van der Waals surface area contributed by atoms with E-state index in [1.54, 1.807) is 0 Å². The van der Waals surface area contributed by atoms with Crippen molar-refractivity contribution in [2.45, 2.75) is 32.6 Å². The molecule has 2 atom stereocenters. The molecule has 1 aromatic carbocycles. The molecule has 2 amide bonds. The van der Waals surface area contributed by atoms with Crippen LogP contribution in [0.25, 0.3) is 0 Å². The summed E-state index contributed by atoms with van der Waals surface area (Å²) < 4.78 is 0. The summed E-state index contributed by atoms with van der Waals surface area (Å²) in [7, 11) is 0. The van der Waals surface area contributed by atoms with Crippen LogP contribution >= 0.6 is 0 Å². The Morgan fingerprint density at radius 2 is 1.95 bits per heavy atom. The van der Waals surface area contributed by atoms with Crippen molar-refractivity contribution in [1.29, 1.82) is 0 Å². The average Bonchev–Trinajstić information content (AvgIpc) is 2.37. The zero-order chi connectivity index (χ0) is 13.7. The van der Waals surface area contributed by atoms with E-state index in [2.05, 4.69) is 17.6 Å². The molecule has 2 unspecified atom stereocenters. The highest BCUT2D eigenvalue weighted by molar-refractivity contribution is 5.87. The first-order chi connectivity index (χ1) is 9.13. The lowest BCUT2D eigenvalue weighted by molar-refractivity contribution is 0.259. The van der Waals surface area contributed by atoms with Crippen LogP contribution in [0.1, 0.15) is 32.6 Å². The van der Waals surface area contributed by atoms with Crippen LogP contribution in [0.5, 0.6) is 0 Å². The van der Waals surface area contributed by atoms with Gasteiger partial charge in [0.15, 0.2) is 0 Å². The van der Waals surface area contributed by atoms with Crippen LogP contribution in [0, 0.1) is 11.8 Å². The maximum absolute atomic E-state index is 10.7. The van der Waals surface area contributed by atoms with Gasteiger partial charge >= 0.3 is 6.03 Å². The smallest absolute Gasteiger partial charge is 0.316 e. The van der Waals surface area contributed by atoms with E-state index in [-0.39, 0.29) is 0 Å². The fraction of sp³-hybridized carbons (Fsp3) is 0.533. The lowest BCUT2D eigenvalue weighted by atomic mass is 9.82. The fourth-order valence-electron chi connectivity index (χ4n) is 2.82. The number of urea groups is 1. The predicted molar refractivity (Wildman–Crippen MR) is 79.3 cm³/mol. The molecule has 0 bridgehead atoms. The largest absolute Gasteiger partial charge is 0.385 e. The van der Waals surface area contributed by atoms with E-state index in [1.807, 2.05) is 24.3 Å². The van der Waals surface area contributed by atoms with Gasteiger partial charge < -0.3 is 16.4 Å². The van der Waals surface area contributed by atoms with Crippen LogP contribution in [-0.2, 0) is 0 Å². The molecule has 1 aliphatic rings. The van der Waals surface area contributed by atoms with Gasteiger partial charge in [0.05, 0.1) is 0 Å². The monoisotopic (exact) mass is 261 g/mol. The fourth-order valence-corrected chi connectivity index (χ4v) is 2.82. The number of primary amides is 1. The first kappa shape index (κ1) is 13.7. The molecule has 4 heteroatoms. The van der Waals surface area contributed by atoms with Crippen LogP contribution in [0.4, 0.5) is 16.2 Å². The highest BCUT2D eigenvalue weighted by atomic mass is 16.2. The van der Waals surface area contributed by atoms with Crippen molar-refractivity contribution in [2.24, 2.45) is 17.6 Å². The number of carbonyl (C=O) groups is 1. The molecule has 0 radical (unpaired) electrons. The molecular weight excluding hydrogens is 238 g/mol. The Morgan fingerprint density at radius 1 is 1.26 bits per heavy atom. The second-order valence-electron chi connectivity index (χ2n) is 5.59. The van der Waals surface area contributed by atoms with Crippen LogP contribution in [0.2, 0.25) is 0 Å².